The monoisotopic (exact) mass is 352 g/mol. The second-order valence-corrected chi connectivity index (χ2v) is 5.39. The van der Waals surface area contributed by atoms with Crippen molar-refractivity contribution in [3.8, 4) is 5.75 Å². The molecule has 0 amide bonds. The molecule has 7 nitrogen and oxygen atoms in total. The second-order valence-electron chi connectivity index (χ2n) is 4.98. The predicted molar refractivity (Wildman–Crippen MR) is 86.1 cm³/mol. The van der Waals surface area contributed by atoms with E-state index in [4.69, 9.17) is 21.1 Å². The number of aliphatic carboxylic acids is 1. The number of carbonyl (C=O) groups is 2. The number of aromatic hydroxyl groups is 1. The molecule has 2 aromatic rings. The van der Waals surface area contributed by atoms with Gasteiger partial charge in [0, 0.05) is 6.08 Å². The highest BCUT2D eigenvalue weighted by Gasteiger charge is 2.22. The van der Waals surface area contributed by atoms with Gasteiger partial charge >= 0.3 is 11.9 Å². The van der Waals surface area contributed by atoms with E-state index in [0.29, 0.717) is 11.6 Å². The lowest BCUT2D eigenvalue weighted by Crippen LogP contribution is -2.17. The average Bonchev–Trinajstić information content (AvgIpc) is 2.47. The number of carboxylic acids is 1. The lowest BCUT2D eigenvalue weighted by Gasteiger charge is -2.10. The first-order chi connectivity index (χ1) is 11.2. The number of carbonyl (C=O) groups excluding carboxylic acids is 1. The van der Waals surface area contributed by atoms with Crippen molar-refractivity contribution < 1.29 is 29.0 Å². The van der Waals surface area contributed by atoms with Gasteiger partial charge in [-0.25, -0.2) is 4.79 Å². The molecule has 0 saturated carbocycles. The second kappa shape index (κ2) is 6.76. The Morgan fingerprint density at radius 3 is 2.62 bits per heavy atom. The lowest BCUT2D eigenvalue weighted by molar-refractivity contribution is -0.139. The molecule has 0 aliphatic carbocycles. The molecule has 0 saturated heterocycles. The molecular formula is C16H13ClO7. The summed E-state index contributed by atoms with van der Waals surface area (Å²) in [6, 6.07) is 2.86. The molecule has 0 fully saturated rings. The number of phenolic OH excluding ortho intramolecular Hbond substituents is 1. The van der Waals surface area contributed by atoms with Crippen molar-refractivity contribution in [2.24, 2.45) is 0 Å². The molecule has 0 spiro atoms. The van der Waals surface area contributed by atoms with Crippen LogP contribution in [-0.2, 0) is 20.7 Å². The average molecular weight is 353 g/mol. The van der Waals surface area contributed by atoms with Crippen molar-refractivity contribution >= 4 is 39.5 Å². The van der Waals surface area contributed by atoms with Crippen molar-refractivity contribution in [3.05, 3.63) is 45.3 Å². The number of benzene rings is 1. The zero-order valence-electron chi connectivity index (χ0n) is 12.8. The largest absolute Gasteiger partial charge is 0.507 e. The van der Waals surface area contributed by atoms with Gasteiger partial charge in [-0.3, -0.25) is 9.59 Å². The van der Waals surface area contributed by atoms with Crippen LogP contribution in [0.3, 0.4) is 0 Å². The van der Waals surface area contributed by atoms with Crippen molar-refractivity contribution in [3.63, 3.8) is 0 Å². The van der Waals surface area contributed by atoms with Crippen molar-refractivity contribution in [2.45, 2.75) is 13.3 Å². The van der Waals surface area contributed by atoms with Gasteiger partial charge in [0.15, 0.2) is 5.76 Å². The molecule has 1 aromatic heterocycles. The van der Waals surface area contributed by atoms with E-state index < -0.39 is 23.8 Å². The van der Waals surface area contributed by atoms with Crippen LogP contribution >= 0.6 is 11.6 Å². The number of hydrogen-bond acceptors (Lipinski definition) is 6. The molecule has 24 heavy (non-hydrogen) atoms. The van der Waals surface area contributed by atoms with Crippen LogP contribution in [0, 0.1) is 6.92 Å². The van der Waals surface area contributed by atoms with Gasteiger partial charge in [-0.2, -0.15) is 0 Å². The van der Waals surface area contributed by atoms with Crippen LogP contribution < -0.4 is 5.43 Å². The first-order valence-corrected chi connectivity index (χ1v) is 7.09. The summed E-state index contributed by atoms with van der Waals surface area (Å²) in [5, 5.41) is 18.3. The normalized spacial score (nSPS) is 11.5. The number of hydrogen-bond donors (Lipinski definition) is 2. The fraction of sp³-hybridized carbons (Fsp3) is 0.188. The van der Waals surface area contributed by atoms with Crippen LogP contribution in [0.4, 0.5) is 0 Å². The highest BCUT2D eigenvalue weighted by Crippen LogP contribution is 2.30. The summed E-state index contributed by atoms with van der Waals surface area (Å²) in [4.78, 5) is 35.0. The third-order valence-corrected chi connectivity index (χ3v) is 3.51. The van der Waals surface area contributed by atoms with Crippen molar-refractivity contribution in [2.75, 3.05) is 7.11 Å². The van der Waals surface area contributed by atoms with Crippen LogP contribution in [0.5, 0.6) is 5.75 Å². The number of carboxylic acid groups (broad SMARTS) is 1. The number of phenols is 1. The van der Waals surface area contributed by atoms with E-state index in [0.717, 1.165) is 7.11 Å². The maximum absolute atomic E-state index is 12.7. The van der Waals surface area contributed by atoms with E-state index >= 15 is 0 Å². The molecule has 1 aromatic carbocycles. The third-order valence-electron chi connectivity index (χ3n) is 3.23. The smallest absolute Gasteiger partial charge is 0.329 e. The van der Waals surface area contributed by atoms with Crippen LogP contribution in [0.25, 0.3) is 16.0 Å². The number of fused-ring (bicyclic) bond motifs is 1. The SMILES string of the molecule is COC(=O)Cc1c(/C(Cl)=C/C(=O)O)oc2cc(C)cc(O)c2c1=O. The molecule has 2 N–H and O–H groups in total. The first-order valence-electron chi connectivity index (χ1n) is 6.71. The van der Waals surface area contributed by atoms with E-state index in [1.807, 2.05) is 0 Å². The highest BCUT2D eigenvalue weighted by atomic mass is 35.5. The summed E-state index contributed by atoms with van der Waals surface area (Å²) in [5.74, 6) is -2.66. The standard InChI is InChI=1S/C16H13ClO7/c1-7-3-10(18)14-11(4-7)24-16(9(17)6-12(19)20)8(15(14)22)5-13(21)23-2/h3-4,6,18H,5H2,1-2H3,(H,19,20)/b9-6-. The molecule has 126 valence electrons. The number of aryl methyl sites for hydroxylation is 1. The molecule has 0 aliphatic rings. The van der Waals surface area contributed by atoms with E-state index in [1.165, 1.54) is 12.1 Å². The fourth-order valence-electron chi connectivity index (χ4n) is 2.21. The van der Waals surface area contributed by atoms with Gasteiger partial charge in [0.25, 0.3) is 0 Å². The highest BCUT2D eigenvalue weighted by molar-refractivity contribution is 6.49. The zero-order chi connectivity index (χ0) is 18.0. The minimum absolute atomic E-state index is 0.0260. The molecule has 1 heterocycles. The van der Waals surface area contributed by atoms with E-state index in [-0.39, 0.29) is 33.1 Å². The van der Waals surface area contributed by atoms with Gasteiger partial charge in [-0.05, 0) is 24.6 Å². The predicted octanol–water partition coefficient (Wildman–Crippen LogP) is 2.19. The Hall–Kier alpha value is -2.80. The molecule has 0 atom stereocenters. The summed E-state index contributed by atoms with van der Waals surface area (Å²) in [7, 11) is 1.14. The van der Waals surface area contributed by atoms with E-state index in [1.54, 1.807) is 6.92 Å². The minimum atomic E-state index is -1.35. The van der Waals surface area contributed by atoms with Crippen LogP contribution in [0.2, 0.25) is 0 Å². The Morgan fingerprint density at radius 1 is 1.38 bits per heavy atom. The van der Waals surface area contributed by atoms with Crippen LogP contribution in [0.1, 0.15) is 16.9 Å². The minimum Gasteiger partial charge on any atom is -0.507 e. The molecule has 0 aliphatic heterocycles. The quantitative estimate of drug-likeness (QED) is 0.640. The number of rotatable bonds is 4. The van der Waals surface area contributed by atoms with Crippen molar-refractivity contribution in [1.82, 2.24) is 0 Å². The van der Waals surface area contributed by atoms with Gasteiger partial charge < -0.3 is 19.4 Å². The topological polar surface area (TPSA) is 114 Å². The first kappa shape index (κ1) is 17.6. The molecule has 0 radical (unpaired) electrons. The molecule has 0 unspecified atom stereocenters. The summed E-state index contributed by atoms with van der Waals surface area (Å²) >= 11 is 5.92. The maximum Gasteiger partial charge on any atom is 0.329 e. The van der Waals surface area contributed by atoms with Crippen molar-refractivity contribution in [1.29, 1.82) is 0 Å². The van der Waals surface area contributed by atoms with Gasteiger partial charge in [0.1, 0.15) is 16.7 Å². The summed E-state index contributed by atoms with van der Waals surface area (Å²) < 4.78 is 10.0. The number of halogens is 1. The number of ether oxygens (including phenoxy) is 1. The lowest BCUT2D eigenvalue weighted by atomic mass is 10.0. The van der Waals surface area contributed by atoms with Gasteiger partial charge in [0.05, 0.1) is 24.1 Å². The fourth-order valence-corrected chi connectivity index (χ4v) is 2.46. The Balaban J connectivity index is 2.87. The van der Waals surface area contributed by atoms with Gasteiger partial charge in [-0.1, -0.05) is 11.6 Å². The van der Waals surface area contributed by atoms with Crippen LogP contribution in [0.15, 0.2) is 27.4 Å². The molecule has 0 bridgehead atoms. The maximum atomic E-state index is 12.7. The Morgan fingerprint density at radius 2 is 2.04 bits per heavy atom. The summed E-state index contributed by atoms with van der Waals surface area (Å²) in [6.45, 7) is 1.68. The van der Waals surface area contributed by atoms with E-state index in [9.17, 15) is 19.5 Å². The molecule has 8 heteroatoms. The Kier molecular flexibility index (Phi) is 4.94. The third kappa shape index (κ3) is 3.41. The Bertz CT molecular complexity index is 924. The van der Waals surface area contributed by atoms with Gasteiger partial charge in [-0.15, -0.1) is 0 Å². The number of esters is 1. The van der Waals surface area contributed by atoms with E-state index in [2.05, 4.69) is 4.74 Å². The molecule has 2 rings (SSSR count). The summed E-state index contributed by atoms with van der Waals surface area (Å²) in [6.07, 6.45) is 0.156. The van der Waals surface area contributed by atoms with Gasteiger partial charge in [0.2, 0.25) is 5.43 Å². The summed E-state index contributed by atoms with van der Waals surface area (Å²) in [5.41, 5.74) is -0.242. The number of methoxy groups -OCH3 is 1. The Labute approximate surface area is 140 Å². The van der Waals surface area contributed by atoms with Crippen LogP contribution in [-0.4, -0.2) is 29.3 Å². The zero-order valence-corrected chi connectivity index (χ0v) is 13.5. The molecular weight excluding hydrogens is 340 g/mol.